The molecule has 2 atom stereocenters. The Balaban J connectivity index is 2.16. The molecule has 0 N–H and O–H groups in total. The number of rotatable bonds is 0. The Morgan fingerprint density at radius 3 is 1.67 bits per heavy atom. The van der Waals surface area contributed by atoms with Crippen molar-refractivity contribution < 1.29 is 0 Å². The van der Waals surface area contributed by atoms with Crippen LogP contribution in [0.3, 0.4) is 0 Å². The zero-order valence-corrected chi connectivity index (χ0v) is 7.81. The van der Waals surface area contributed by atoms with Crippen molar-refractivity contribution in [3.63, 3.8) is 0 Å². The van der Waals surface area contributed by atoms with Gasteiger partial charge in [-0.1, -0.05) is 37.1 Å². The third-order valence-electron chi connectivity index (χ3n) is 3.58. The van der Waals surface area contributed by atoms with E-state index in [1.807, 2.05) is 0 Å². The molecule has 0 unspecified atom stereocenters. The predicted molar refractivity (Wildman–Crippen MR) is 53.0 cm³/mol. The van der Waals surface area contributed by atoms with Crippen LogP contribution in [-0.2, 0) is 0 Å². The van der Waals surface area contributed by atoms with Crippen LogP contribution >= 0.6 is 0 Å². The maximum absolute atomic E-state index is 4.19. The fourth-order valence-electron chi connectivity index (χ4n) is 2.80. The Hall–Kier alpha value is -0.520. The van der Waals surface area contributed by atoms with E-state index < -0.39 is 0 Å². The zero-order chi connectivity index (χ0) is 8.55. The van der Waals surface area contributed by atoms with Gasteiger partial charge in [-0.05, 0) is 37.5 Å². The smallest absolute Gasteiger partial charge is 0.0140 e. The van der Waals surface area contributed by atoms with E-state index in [1.54, 1.807) is 0 Å². The van der Waals surface area contributed by atoms with E-state index in [0.29, 0.717) is 0 Å². The summed E-state index contributed by atoms with van der Waals surface area (Å²) < 4.78 is 0. The van der Waals surface area contributed by atoms with E-state index in [4.69, 9.17) is 0 Å². The highest BCUT2D eigenvalue weighted by molar-refractivity contribution is 5.19. The molecule has 12 heavy (non-hydrogen) atoms. The average molecular weight is 162 g/mol. The highest BCUT2D eigenvalue weighted by atomic mass is 14.4. The molecule has 0 aromatic heterocycles. The molecule has 0 saturated heterocycles. The minimum atomic E-state index is 0.806. The topological polar surface area (TPSA) is 0 Å². The first-order chi connectivity index (χ1) is 5.79. The van der Waals surface area contributed by atoms with Crippen molar-refractivity contribution in [1.29, 1.82) is 0 Å². The van der Waals surface area contributed by atoms with Gasteiger partial charge in [0.05, 0.1) is 0 Å². The third kappa shape index (κ3) is 1.24. The highest BCUT2D eigenvalue weighted by Crippen LogP contribution is 2.44. The molecule has 0 aromatic rings. The largest absolute Gasteiger partial charge is 0.0995 e. The van der Waals surface area contributed by atoms with Crippen LogP contribution in [0, 0.1) is 11.8 Å². The second kappa shape index (κ2) is 3.08. The molecule has 2 rings (SSSR count). The van der Waals surface area contributed by atoms with Crippen LogP contribution in [0.15, 0.2) is 24.3 Å². The molecule has 0 aromatic carbocycles. The Morgan fingerprint density at radius 1 is 0.833 bits per heavy atom. The SMILES string of the molecule is C=C1CCC(=C)[C@H]2CCCC[C@H]12. The van der Waals surface area contributed by atoms with Crippen molar-refractivity contribution >= 4 is 0 Å². The summed E-state index contributed by atoms with van der Waals surface area (Å²) in [5.41, 5.74) is 3.01. The summed E-state index contributed by atoms with van der Waals surface area (Å²) in [7, 11) is 0. The van der Waals surface area contributed by atoms with Crippen molar-refractivity contribution in [2.24, 2.45) is 11.8 Å². The van der Waals surface area contributed by atoms with E-state index in [1.165, 1.54) is 49.7 Å². The number of allylic oxidation sites excluding steroid dienone is 2. The second-order valence-corrected chi connectivity index (χ2v) is 4.31. The summed E-state index contributed by atoms with van der Waals surface area (Å²) in [6.45, 7) is 8.38. The molecule has 2 saturated carbocycles. The maximum atomic E-state index is 4.19. The van der Waals surface area contributed by atoms with Crippen LogP contribution in [0.25, 0.3) is 0 Å². The van der Waals surface area contributed by atoms with Gasteiger partial charge in [-0.15, -0.1) is 0 Å². The molecule has 66 valence electrons. The van der Waals surface area contributed by atoms with Gasteiger partial charge < -0.3 is 0 Å². The van der Waals surface area contributed by atoms with Crippen LogP contribution in [0.5, 0.6) is 0 Å². The molecule has 2 fully saturated rings. The Morgan fingerprint density at radius 2 is 1.25 bits per heavy atom. The summed E-state index contributed by atoms with van der Waals surface area (Å²) in [6.07, 6.45) is 7.99. The first kappa shape index (κ1) is 8.10. The standard InChI is InChI=1S/C12H18/c1-9-7-8-10(2)12-6-4-3-5-11(9)12/h11-12H,1-8H2/t11-,12-/m1/s1. The zero-order valence-electron chi connectivity index (χ0n) is 7.81. The fourth-order valence-corrected chi connectivity index (χ4v) is 2.80. The van der Waals surface area contributed by atoms with Crippen molar-refractivity contribution in [2.75, 3.05) is 0 Å². The Kier molecular flexibility index (Phi) is 2.08. The van der Waals surface area contributed by atoms with Crippen molar-refractivity contribution in [3.8, 4) is 0 Å². The second-order valence-electron chi connectivity index (χ2n) is 4.31. The molecule has 0 nitrogen and oxygen atoms in total. The summed E-state index contributed by atoms with van der Waals surface area (Å²) >= 11 is 0. The van der Waals surface area contributed by atoms with Crippen molar-refractivity contribution in [1.82, 2.24) is 0 Å². The molecule has 0 heterocycles. The molecule has 2 aliphatic carbocycles. The molecular formula is C12H18. The van der Waals surface area contributed by atoms with Gasteiger partial charge in [0, 0.05) is 0 Å². The molecule has 0 bridgehead atoms. The summed E-state index contributed by atoms with van der Waals surface area (Å²) in [5, 5.41) is 0. The third-order valence-corrected chi connectivity index (χ3v) is 3.58. The first-order valence-corrected chi connectivity index (χ1v) is 5.14. The molecule has 0 heteroatoms. The van der Waals surface area contributed by atoms with Gasteiger partial charge in [0.15, 0.2) is 0 Å². The molecule has 2 aliphatic rings. The van der Waals surface area contributed by atoms with Crippen LogP contribution in [0.1, 0.15) is 38.5 Å². The fraction of sp³-hybridized carbons (Fsp3) is 0.667. The van der Waals surface area contributed by atoms with Gasteiger partial charge in [0.2, 0.25) is 0 Å². The van der Waals surface area contributed by atoms with E-state index in [0.717, 1.165) is 11.8 Å². The molecule has 0 aliphatic heterocycles. The van der Waals surface area contributed by atoms with E-state index in [9.17, 15) is 0 Å². The van der Waals surface area contributed by atoms with E-state index >= 15 is 0 Å². The number of hydrogen-bond acceptors (Lipinski definition) is 0. The lowest BCUT2D eigenvalue weighted by atomic mass is 9.67. The lowest BCUT2D eigenvalue weighted by molar-refractivity contribution is 0.281. The minimum Gasteiger partial charge on any atom is -0.0995 e. The lowest BCUT2D eigenvalue weighted by Crippen LogP contribution is -2.26. The monoisotopic (exact) mass is 162 g/mol. The van der Waals surface area contributed by atoms with Crippen LogP contribution in [-0.4, -0.2) is 0 Å². The predicted octanol–water partition coefficient (Wildman–Crippen LogP) is 3.70. The quantitative estimate of drug-likeness (QED) is 0.476. The lowest BCUT2D eigenvalue weighted by Gasteiger charge is -2.38. The molecule has 0 radical (unpaired) electrons. The normalized spacial score (nSPS) is 36.3. The van der Waals surface area contributed by atoms with Crippen molar-refractivity contribution in [3.05, 3.63) is 24.3 Å². The Labute approximate surface area is 75.4 Å². The van der Waals surface area contributed by atoms with Gasteiger partial charge in [-0.2, -0.15) is 0 Å². The average Bonchev–Trinajstić information content (AvgIpc) is 2.12. The van der Waals surface area contributed by atoms with E-state index in [2.05, 4.69) is 13.2 Å². The maximum Gasteiger partial charge on any atom is -0.0140 e. The van der Waals surface area contributed by atoms with Gasteiger partial charge in [0.25, 0.3) is 0 Å². The van der Waals surface area contributed by atoms with Crippen LogP contribution < -0.4 is 0 Å². The van der Waals surface area contributed by atoms with Crippen LogP contribution in [0.4, 0.5) is 0 Å². The van der Waals surface area contributed by atoms with Gasteiger partial charge >= 0.3 is 0 Å². The Bertz CT molecular complexity index is 188. The summed E-state index contributed by atoms with van der Waals surface area (Å²) in [4.78, 5) is 0. The minimum absolute atomic E-state index is 0.806. The van der Waals surface area contributed by atoms with Gasteiger partial charge in [0.1, 0.15) is 0 Å². The van der Waals surface area contributed by atoms with Gasteiger partial charge in [-0.3, -0.25) is 0 Å². The molecule has 0 spiro atoms. The van der Waals surface area contributed by atoms with Crippen molar-refractivity contribution in [2.45, 2.75) is 38.5 Å². The first-order valence-electron chi connectivity index (χ1n) is 5.14. The number of hydrogen-bond donors (Lipinski definition) is 0. The highest BCUT2D eigenvalue weighted by Gasteiger charge is 2.31. The number of fused-ring (bicyclic) bond motifs is 1. The van der Waals surface area contributed by atoms with Crippen LogP contribution in [0.2, 0.25) is 0 Å². The molecular weight excluding hydrogens is 144 g/mol. The summed E-state index contributed by atoms with van der Waals surface area (Å²) in [6, 6.07) is 0. The van der Waals surface area contributed by atoms with E-state index in [-0.39, 0.29) is 0 Å². The van der Waals surface area contributed by atoms with Gasteiger partial charge in [-0.25, -0.2) is 0 Å². The molecule has 0 amide bonds. The summed E-state index contributed by atoms with van der Waals surface area (Å²) in [5.74, 6) is 1.61.